The molecular formula is C28H26N4O4. The molecular weight excluding hydrogens is 456 g/mol. The van der Waals surface area contributed by atoms with Crippen molar-refractivity contribution in [3.05, 3.63) is 65.9 Å². The first kappa shape index (κ1) is 23.4. The molecule has 0 radical (unpaired) electrons. The van der Waals surface area contributed by atoms with E-state index in [9.17, 15) is 10.1 Å². The third-order valence-electron chi connectivity index (χ3n) is 6.27. The molecule has 4 aromatic rings. The van der Waals surface area contributed by atoms with Crippen LogP contribution in [0.1, 0.15) is 22.3 Å². The molecule has 2 aromatic carbocycles. The number of benzene rings is 2. The summed E-state index contributed by atoms with van der Waals surface area (Å²) in [6.45, 7) is 1.37. The number of rotatable bonds is 6. The van der Waals surface area contributed by atoms with E-state index in [-0.39, 0.29) is 11.9 Å². The minimum absolute atomic E-state index is 0.111. The van der Waals surface area contributed by atoms with Gasteiger partial charge in [-0.05, 0) is 48.4 Å². The zero-order chi connectivity index (χ0) is 25.2. The van der Waals surface area contributed by atoms with Crippen LogP contribution in [-0.2, 0) is 4.74 Å². The van der Waals surface area contributed by atoms with Crippen LogP contribution in [-0.4, -0.2) is 56.3 Å². The van der Waals surface area contributed by atoms with Gasteiger partial charge in [-0.25, -0.2) is 0 Å². The number of pyridine rings is 1. The van der Waals surface area contributed by atoms with Crippen molar-refractivity contribution in [2.75, 3.05) is 39.7 Å². The molecule has 1 aliphatic heterocycles. The maximum Gasteiger partial charge on any atom is 0.253 e. The zero-order valence-electron chi connectivity index (χ0n) is 20.4. The van der Waals surface area contributed by atoms with Crippen molar-refractivity contribution in [1.29, 1.82) is 5.26 Å². The fraction of sp³-hybridized carbons (Fsp3) is 0.250. The average Bonchev–Trinajstić information content (AvgIpc) is 3.57. The lowest BCUT2D eigenvalue weighted by atomic mass is 10.0. The highest BCUT2D eigenvalue weighted by Gasteiger charge is 2.20. The van der Waals surface area contributed by atoms with Gasteiger partial charge in [0.2, 0.25) is 0 Å². The van der Waals surface area contributed by atoms with Crippen molar-refractivity contribution in [2.45, 2.75) is 12.5 Å². The molecule has 182 valence electrons. The molecule has 0 bridgehead atoms. The molecule has 2 aromatic heterocycles. The van der Waals surface area contributed by atoms with E-state index in [1.165, 1.54) is 4.90 Å². The van der Waals surface area contributed by atoms with Gasteiger partial charge < -0.3 is 24.1 Å². The summed E-state index contributed by atoms with van der Waals surface area (Å²) in [6, 6.07) is 17.3. The van der Waals surface area contributed by atoms with Gasteiger partial charge in [0, 0.05) is 44.1 Å². The van der Waals surface area contributed by atoms with Gasteiger partial charge >= 0.3 is 0 Å². The van der Waals surface area contributed by atoms with Crippen molar-refractivity contribution >= 4 is 22.7 Å². The van der Waals surface area contributed by atoms with Gasteiger partial charge in [0.1, 0.15) is 23.1 Å². The Balaban J connectivity index is 1.53. The van der Waals surface area contributed by atoms with Crippen LogP contribution in [0.25, 0.3) is 33.6 Å². The van der Waals surface area contributed by atoms with E-state index in [0.717, 1.165) is 29.8 Å². The van der Waals surface area contributed by atoms with Crippen LogP contribution in [0, 0.1) is 11.3 Å². The van der Waals surface area contributed by atoms with E-state index >= 15 is 0 Å². The minimum atomic E-state index is -0.111. The van der Waals surface area contributed by atoms with Crippen molar-refractivity contribution < 1.29 is 18.7 Å². The second-order valence-electron chi connectivity index (χ2n) is 8.88. The molecule has 3 heterocycles. The number of nitriles is 1. The maximum absolute atomic E-state index is 12.4. The molecule has 1 fully saturated rings. The van der Waals surface area contributed by atoms with Crippen LogP contribution in [0.3, 0.4) is 0 Å². The Morgan fingerprint density at radius 3 is 2.75 bits per heavy atom. The molecule has 1 N–H and O–H groups in total. The SMILES string of the molecule is COc1cc(C(=O)N(C)C)ccc1-c1cc2nccc(-c3ccc(NC4CCOC4)c(C#N)c3)c2o1. The Hall–Kier alpha value is -4.35. The van der Waals surface area contributed by atoms with E-state index in [4.69, 9.17) is 13.9 Å². The summed E-state index contributed by atoms with van der Waals surface area (Å²) in [5.74, 6) is 0.993. The molecule has 0 spiro atoms. The summed E-state index contributed by atoms with van der Waals surface area (Å²) in [7, 11) is 4.98. The monoisotopic (exact) mass is 482 g/mol. The smallest absolute Gasteiger partial charge is 0.253 e. The standard InChI is InChI=1S/C28H26N4O4/c1-32(2)28(33)18-4-6-22(25(13-18)34-3)26-14-24-27(36-26)21(8-10-30-24)17-5-7-23(19(12-17)15-29)31-20-9-11-35-16-20/h4-8,10,12-14,20,31H,9,11,16H2,1-3H3. The van der Waals surface area contributed by atoms with E-state index < -0.39 is 0 Å². The Kier molecular flexibility index (Phi) is 6.32. The lowest BCUT2D eigenvalue weighted by molar-refractivity contribution is 0.0827. The third-order valence-corrected chi connectivity index (χ3v) is 6.27. The number of nitrogens with zero attached hydrogens (tertiary/aromatic N) is 3. The van der Waals surface area contributed by atoms with Crippen molar-refractivity contribution in [2.24, 2.45) is 0 Å². The number of anilines is 1. The molecule has 1 amide bonds. The number of hydrogen-bond donors (Lipinski definition) is 1. The van der Waals surface area contributed by atoms with Crippen LogP contribution in [0.2, 0.25) is 0 Å². The molecule has 5 rings (SSSR count). The van der Waals surface area contributed by atoms with Crippen molar-refractivity contribution in [1.82, 2.24) is 9.88 Å². The summed E-state index contributed by atoms with van der Waals surface area (Å²) < 4.78 is 17.3. The second-order valence-corrected chi connectivity index (χ2v) is 8.88. The van der Waals surface area contributed by atoms with E-state index in [0.29, 0.717) is 45.9 Å². The molecule has 1 unspecified atom stereocenters. The van der Waals surface area contributed by atoms with Gasteiger partial charge in [0.05, 0.1) is 36.6 Å². The Morgan fingerprint density at radius 2 is 2.03 bits per heavy atom. The number of aromatic nitrogens is 1. The highest BCUT2D eigenvalue weighted by molar-refractivity contribution is 5.96. The summed E-state index contributed by atoms with van der Waals surface area (Å²) in [5.41, 5.74) is 5.56. The molecule has 8 nitrogen and oxygen atoms in total. The largest absolute Gasteiger partial charge is 0.496 e. The van der Waals surface area contributed by atoms with Gasteiger partial charge in [-0.3, -0.25) is 9.78 Å². The van der Waals surface area contributed by atoms with Gasteiger partial charge in [-0.2, -0.15) is 5.26 Å². The van der Waals surface area contributed by atoms with Crippen LogP contribution >= 0.6 is 0 Å². The maximum atomic E-state index is 12.4. The molecule has 8 heteroatoms. The highest BCUT2D eigenvalue weighted by Crippen LogP contribution is 2.38. The molecule has 1 saturated heterocycles. The number of carbonyl (C=O) groups excluding carboxylic acids is 1. The van der Waals surface area contributed by atoms with Crippen molar-refractivity contribution in [3.8, 4) is 34.3 Å². The second kappa shape index (κ2) is 9.72. The quantitative estimate of drug-likeness (QED) is 0.415. The summed E-state index contributed by atoms with van der Waals surface area (Å²) in [4.78, 5) is 18.4. The number of furan rings is 1. The molecule has 1 aliphatic rings. The van der Waals surface area contributed by atoms with Gasteiger partial charge in [0.25, 0.3) is 5.91 Å². The number of amides is 1. The van der Waals surface area contributed by atoms with Crippen LogP contribution in [0.15, 0.2) is 59.1 Å². The first-order chi connectivity index (χ1) is 17.5. The number of carbonyl (C=O) groups is 1. The summed E-state index contributed by atoms with van der Waals surface area (Å²) >= 11 is 0. The number of nitrogens with one attached hydrogen (secondary N) is 1. The van der Waals surface area contributed by atoms with Gasteiger partial charge in [-0.1, -0.05) is 6.07 Å². The third kappa shape index (κ3) is 4.37. The lowest BCUT2D eigenvalue weighted by Gasteiger charge is -2.14. The first-order valence-corrected chi connectivity index (χ1v) is 11.7. The summed E-state index contributed by atoms with van der Waals surface area (Å²) in [6.07, 6.45) is 2.64. The van der Waals surface area contributed by atoms with E-state index in [2.05, 4.69) is 16.4 Å². The fourth-order valence-corrected chi connectivity index (χ4v) is 4.38. The molecule has 0 aliphatic carbocycles. The van der Waals surface area contributed by atoms with Crippen LogP contribution in [0.4, 0.5) is 5.69 Å². The molecule has 0 saturated carbocycles. The van der Waals surface area contributed by atoms with E-state index in [1.807, 2.05) is 36.4 Å². The van der Waals surface area contributed by atoms with E-state index in [1.54, 1.807) is 39.5 Å². The number of fused-ring (bicyclic) bond motifs is 1. The van der Waals surface area contributed by atoms with Crippen molar-refractivity contribution in [3.63, 3.8) is 0 Å². The predicted octanol–water partition coefficient (Wildman–Crippen LogP) is 4.94. The van der Waals surface area contributed by atoms with Gasteiger partial charge in [-0.15, -0.1) is 0 Å². The first-order valence-electron chi connectivity index (χ1n) is 11.7. The number of methoxy groups -OCH3 is 1. The number of hydrogen-bond acceptors (Lipinski definition) is 7. The minimum Gasteiger partial charge on any atom is -0.496 e. The normalized spacial score (nSPS) is 15.0. The Labute approximate surface area is 209 Å². The topological polar surface area (TPSA) is 101 Å². The summed E-state index contributed by atoms with van der Waals surface area (Å²) in [5, 5.41) is 13.2. The highest BCUT2D eigenvalue weighted by atomic mass is 16.5. The molecule has 36 heavy (non-hydrogen) atoms. The van der Waals surface area contributed by atoms with Crippen LogP contribution < -0.4 is 10.1 Å². The molecule has 1 atom stereocenters. The lowest BCUT2D eigenvalue weighted by Crippen LogP contribution is -2.21. The Morgan fingerprint density at radius 1 is 1.17 bits per heavy atom. The zero-order valence-corrected chi connectivity index (χ0v) is 20.4. The fourth-order valence-electron chi connectivity index (χ4n) is 4.38. The van der Waals surface area contributed by atoms with Crippen LogP contribution in [0.5, 0.6) is 5.75 Å². The Bertz CT molecular complexity index is 1480. The number of ether oxygens (including phenoxy) is 2. The predicted molar refractivity (Wildman–Crippen MR) is 137 cm³/mol. The average molecular weight is 483 g/mol. The van der Waals surface area contributed by atoms with Gasteiger partial charge in [0.15, 0.2) is 5.58 Å².